The summed E-state index contributed by atoms with van der Waals surface area (Å²) in [6.45, 7) is 1.51. The fraction of sp³-hybridized carbons (Fsp3) is 0.571. The number of ether oxygens (including phenoxy) is 1. The standard InChI is InChI=1S/C14H17BrFNO/c15-9-10-4-5-12(11(16)8-10)17-6-7-18-14-3-1-2-13(14)17/h4-5,8,13-14H,1-3,6-7,9H2. The Morgan fingerprint density at radius 3 is 3.06 bits per heavy atom. The zero-order valence-electron chi connectivity index (χ0n) is 10.2. The molecule has 18 heavy (non-hydrogen) atoms. The van der Waals surface area contributed by atoms with Gasteiger partial charge in [-0.3, -0.25) is 0 Å². The molecule has 2 nitrogen and oxygen atoms in total. The fourth-order valence-corrected chi connectivity index (χ4v) is 3.44. The summed E-state index contributed by atoms with van der Waals surface area (Å²) < 4.78 is 19.9. The third-order valence-electron chi connectivity index (χ3n) is 3.96. The molecule has 4 heteroatoms. The highest BCUT2D eigenvalue weighted by atomic mass is 79.9. The first-order valence-electron chi connectivity index (χ1n) is 6.52. The first-order valence-corrected chi connectivity index (χ1v) is 7.64. The topological polar surface area (TPSA) is 12.5 Å². The smallest absolute Gasteiger partial charge is 0.146 e. The van der Waals surface area contributed by atoms with Crippen LogP contribution in [0.2, 0.25) is 0 Å². The Morgan fingerprint density at radius 2 is 2.28 bits per heavy atom. The van der Waals surface area contributed by atoms with Crippen molar-refractivity contribution in [2.75, 3.05) is 18.1 Å². The number of hydrogen-bond acceptors (Lipinski definition) is 2. The van der Waals surface area contributed by atoms with Gasteiger partial charge >= 0.3 is 0 Å². The van der Waals surface area contributed by atoms with Crippen LogP contribution in [-0.2, 0) is 10.1 Å². The highest BCUT2D eigenvalue weighted by molar-refractivity contribution is 9.08. The van der Waals surface area contributed by atoms with Crippen LogP contribution < -0.4 is 4.90 Å². The van der Waals surface area contributed by atoms with Crippen molar-refractivity contribution in [1.82, 2.24) is 0 Å². The largest absolute Gasteiger partial charge is 0.374 e. The van der Waals surface area contributed by atoms with Crippen LogP contribution in [0, 0.1) is 5.82 Å². The first kappa shape index (κ1) is 12.4. The summed E-state index contributed by atoms with van der Waals surface area (Å²) in [6, 6.07) is 5.89. The zero-order valence-corrected chi connectivity index (χ0v) is 11.8. The van der Waals surface area contributed by atoms with Crippen molar-refractivity contribution in [2.45, 2.75) is 36.7 Å². The lowest BCUT2D eigenvalue weighted by Gasteiger charge is -2.39. The van der Waals surface area contributed by atoms with Crippen molar-refractivity contribution in [3.8, 4) is 0 Å². The predicted octanol–water partition coefficient (Wildman–Crippen LogP) is 3.48. The summed E-state index contributed by atoms with van der Waals surface area (Å²) in [4.78, 5) is 2.20. The maximum absolute atomic E-state index is 14.2. The number of hydrogen-bond donors (Lipinski definition) is 0. The summed E-state index contributed by atoms with van der Waals surface area (Å²) in [5.74, 6) is -0.112. The van der Waals surface area contributed by atoms with Crippen molar-refractivity contribution in [1.29, 1.82) is 0 Å². The number of morpholine rings is 1. The maximum Gasteiger partial charge on any atom is 0.146 e. The van der Waals surface area contributed by atoms with Gasteiger partial charge in [-0.05, 0) is 37.0 Å². The van der Waals surface area contributed by atoms with E-state index in [4.69, 9.17) is 4.74 Å². The first-order chi connectivity index (χ1) is 8.79. The van der Waals surface area contributed by atoms with Crippen LogP contribution >= 0.6 is 15.9 Å². The number of halogens is 2. The van der Waals surface area contributed by atoms with Gasteiger partial charge in [-0.2, -0.15) is 0 Å². The molecule has 98 valence electrons. The number of benzene rings is 1. The molecule has 2 aliphatic rings. The molecule has 1 aromatic carbocycles. The van der Waals surface area contributed by atoms with E-state index >= 15 is 0 Å². The minimum atomic E-state index is -0.112. The van der Waals surface area contributed by atoms with Gasteiger partial charge in [0.05, 0.1) is 24.4 Å². The SMILES string of the molecule is Fc1cc(CBr)ccc1N1CCOC2CCCC21. The summed E-state index contributed by atoms with van der Waals surface area (Å²) in [5.41, 5.74) is 1.72. The molecule has 1 aromatic rings. The van der Waals surface area contributed by atoms with E-state index < -0.39 is 0 Å². The molecular formula is C14H17BrFNO. The maximum atomic E-state index is 14.2. The van der Waals surface area contributed by atoms with Crippen molar-refractivity contribution >= 4 is 21.6 Å². The van der Waals surface area contributed by atoms with E-state index in [0.29, 0.717) is 24.1 Å². The molecule has 0 spiro atoms. The van der Waals surface area contributed by atoms with Gasteiger partial charge in [0.25, 0.3) is 0 Å². The number of rotatable bonds is 2. The fourth-order valence-electron chi connectivity index (χ4n) is 3.09. The van der Waals surface area contributed by atoms with Gasteiger partial charge in [0.1, 0.15) is 5.82 Å². The molecule has 1 aliphatic carbocycles. The molecule has 0 bridgehead atoms. The van der Waals surface area contributed by atoms with Crippen LogP contribution in [0.1, 0.15) is 24.8 Å². The van der Waals surface area contributed by atoms with E-state index in [1.165, 1.54) is 6.42 Å². The van der Waals surface area contributed by atoms with Crippen molar-refractivity contribution in [3.63, 3.8) is 0 Å². The Hall–Kier alpha value is -0.610. The van der Waals surface area contributed by atoms with Gasteiger partial charge in [-0.1, -0.05) is 22.0 Å². The van der Waals surface area contributed by atoms with E-state index in [-0.39, 0.29) is 5.82 Å². The molecular weight excluding hydrogens is 297 g/mol. The third kappa shape index (κ3) is 2.16. The summed E-state index contributed by atoms with van der Waals surface area (Å²) in [5, 5.41) is 0.694. The van der Waals surface area contributed by atoms with Crippen LogP contribution in [0.15, 0.2) is 18.2 Å². The van der Waals surface area contributed by atoms with Crippen LogP contribution in [0.3, 0.4) is 0 Å². The van der Waals surface area contributed by atoms with E-state index in [1.807, 2.05) is 12.1 Å². The van der Waals surface area contributed by atoms with E-state index in [9.17, 15) is 4.39 Å². The van der Waals surface area contributed by atoms with E-state index in [1.54, 1.807) is 6.07 Å². The highest BCUT2D eigenvalue weighted by Gasteiger charge is 2.36. The summed E-state index contributed by atoms with van der Waals surface area (Å²) >= 11 is 3.36. The Bertz CT molecular complexity index is 440. The lowest BCUT2D eigenvalue weighted by atomic mass is 10.1. The second-order valence-electron chi connectivity index (χ2n) is 5.02. The molecule has 0 aromatic heterocycles. The van der Waals surface area contributed by atoms with Crippen molar-refractivity contribution in [2.24, 2.45) is 0 Å². The van der Waals surface area contributed by atoms with Gasteiger partial charge in [0.15, 0.2) is 0 Å². The molecule has 1 saturated heterocycles. The average molecular weight is 314 g/mol. The molecule has 1 heterocycles. The molecule has 0 radical (unpaired) electrons. The van der Waals surface area contributed by atoms with Crippen LogP contribution in [0.5, 0.6) is 0 Å². The Labute approximate surface area is 115 Å². The molecule has 1 saturated carbocycles. The van der Waals surface area contributed by atoms with Gasteiger partial charge in [0, 0.05) is 11.9 Å². The summed E-state index contributed by atoms with van der Waals surface area (Å²) in [7, 11) is 0. The monoisotopic (exact) mass is 313 g/mol. The molecule has 2 unspecified atom stereocenters. The predicted molar refractivity (Wildman–Crippen MR) is 73.8 cm³/mol. The molecule has 3 rings (SSSR count). The molecule has 1 aliphatic heterocycles. The number of anilines is 1. The zero-order chi connectivity index (χ0) is 12.5. The second kappa shape index (κ2) is 5.17. The van der Waals surface area contributed by atoms with Crippen LogP contribution in [0.25, 0.3) is 0 Å². The molecule has 0 amide bonds. The number of fused-ring (bicyclic) bond motifs is 1. The lowest BCUT2D eigenvalue weighted by molar-refractivity contribution is 0.0254. The number of nitrogens with zero attached hydrogens (tertiary/aromatic N) is 1. The van der Waals surface area contributed by atoms with Crippen molar-refractivity contribution in [3.05, 3.63) is 29.6 Å². The van der Waals surface area contributed by atoms with E-state index in [2.05, 4.69) is 20.8 Å². The quantitative estimate of drug-likeness (QED) is 0.775. The van der Waals surface area contributed by atoms with E-state index in [0.717, 1.165) is 30.6 Å². The van der Waals surface area contributed by atoms with Gasteiger partial charge in [0.2, 0.25) is 0 Å². The average Bonchev–Trinajstić information content (AvgIpc) is 2.87. The molecule has 2 fully saturated rings. The van der Waals surface area contributed by atoms with Gasteiger partial charge < -0.3 is 9.64 Å². The number of alkyl halides is 1. The normalized spacial score (nSPS) is 27.3. The lowest BCUT2D eigenvalue weighted by Crippen LogP contribution is -2.49. The second-order valence-corrected chi connectivity index (χ2v) is 5.58. The Kier molecular flexibility index (Phi) is 3.57. The van der Waals surface area contributed by atoms with Gasteiger partial charge in [-0.15, -0.1) is 0 Å². The summed E-state index contributed by atoms with van der Waals surface area (Å²) in [6.07, 6.45) is 3.72. The van der Waals surface area contributed by atoms with Crippen LogP contribution in [0.4, 0.5) is 10.1 Å². The minimum absolute atomic E-state index is 0.112. The minimum Gasteiger partial charge on any atom is -0.374 e. The Balaban J connectivity index is 1.89. The third-order valence-corrected chi connectivity index (χ3v) is 4.61. The highest BCUT2D eigenvalue weighted by Crippen LogP contribution is 2.34. The Morgan fingerprint density at radius 1 is 1.39 bits per heavy atom. The van der Waals surface area contributed by atoms with Crippen LogP contribution in [-0.4, -0.2) is 25.3 Å². The molecule has 2 atom stereocenters. The van der Waals surface area contributed by atoms with Gasteiger partial charge in [-0.25, -0.2) is 4.39 Å². The van der Waals surface area contributed by atoms with Crippen molar-refractivity contribution < 1.29 is 9.13 Å². The molecule has 0 N–H and O–H groups in total.